The predicted octanol–water partition coefficient (Wildman–Crippen LogP) is 2.99. The van der Waals surface area contributed by atoms with Crippen molar-refractivity contribution >= 4 is 11.6 Å². The highest BCUT2D eigenvalue weighted by molar-refractivity contribution is 5.94. The van der Waals surface area contributed by atoms with E-state index in [0.29, 0.717) is 12.1 Å². The molecule has 20 heavy (non-hydrogen) atoms. The van der Waals surface area contributed by atoms with Gasteiger partial charge in [-0.1, -0.05) is 29.8 Å². The summed E-state index contributed by atoms with van der Waals surface area (Å²) in [7, 11) is 1.69. The van der Waals surface area contributed by atoms with E-state index in [0.717, 1.165) is 11.1 Å². The Hall–Kier alpha value is -2.36. The Morgan fingerprint density at radius 3 is 2.65 bits per heavy atom. The maximum atomic E-state index is 13.4. The van der Waals surface area contributed by atoms with Crippen molar-refractivity contribution in [3.05, 3.63) is 65.0 Å². The van der Waals surface area contributed by atoms with Gasteiger partial charge < -0.3 is 10.6 Å². The van der Waals surface area contributed by atoms with E-state index in [2.05, 4.69) is 0 Å². The number of halogens is 1. The molecule has 2 aromatic carbocycles. The first-order valence-electron chi connectivity index (χ1n) is 6.33. The second kappa shape index (κ2) is 5.74. The van der Waals surface area contributed by atoms with Gasteiger partial charge in [0.2, 0.25) is 0 Å². The lowest BCUT2D eigenvalue weighted by Crippen LogP contribution is -2.26. The van der Waals surface area contributed by atoms with Crippen LogP contribution >= 0.6 is 0 Å². The number of nitrogen functional groups attached to an aromatic ring is 1. The summed E-state index contributed by atoms with van der Waals surface area (Å²) in [5.74, 6) is -0.801. The monoisotopic (exact) mass is 272 g/mol. The highest BCUT2D eigenvalue weighted by Gasteiger charge is 2.13. The average Bonchev–Trinajstić information content (AvgIpc) is 2.41. The summed E-state index contributed by atoms with van der Waals surface area (Å²) >= 11 is 0. The van der Waals surface area contributed by atoms with Gasteiger partial charge >= 0.3 is 0 Å². The molecule has 1 amide bonds. The van der Waals surface area contributed by atoms with Crippen LogP contribution in [0.2, 0.25) is 0 Å². The van der Waals surface area contributed by atoms with Crippen LogP contribution in [-0.4, -0.2) is 17.9 Å². The van der Waals surface area contributed by atoms with Gasteiger partial charge in [0.05, 0.1) is 5.69 Å². The minimum Gasteiger partial charge on any atom is -0.396 e. The van der Waals surface area contributed by atoms with Gasteiger partial charge in [0.15, 0.2) is 0 Å². The molecule has 2 rings (SSSR count). The molecule has 0 fully saturated rings. The lowest BCUT2D eigenvalue weighted by molar-refractivity contribution is 0.0784. The molecular weight excluding hydrogens is 255 g/mol. The van der Waals surface area contributed by atoms with E-state index in [1.807, 2.05) is 31.2 Å². The molecule has 4 heteroatoms. The molecule has 0 aliphatic carbocycles. The lowest BCUT2D eigenvalue weighted by Gasteiger charge is -2.18. The van der Waals surface area contributed by atoms with Crippen molar-refractivity contribution in [2.45, 2.75) is 13.5 Å². The van der Waals surface area contributed by atoms with Crippen LogP contribution in [-0.2, 0) is 6.54 Å². The summed E-state index contributed by atoms with van der Waals surface area (Å²) in [5, 5.41) is 0. The number of hydrogen-bond donors (Lipinski definition) is 1. The topological polar surface area (TPSA) is 46.3 Å². The van der Waals surface area contributed by atoms with Crippen molar-refractivity contribution in [3.63, 3.8) is 0 Å². The minimum absolute atomic E-state index is 0.0443. The third-order valence-corrected chi connectivity index (χ3v) is 3.10. The fraction of sp³-hybridized carbons (Fsp3) is 0.188. The van der Waals surface area contributed by atoms with Gasteiger partial charge in [-0.25, -0.2) is 4.39 Å². The SMILES string of the molecule is Cc1cccc(CN(C)C(=O)c2ccc(N)c(F)c2)c1. The molecule has 3 nitrogen and oxygen atoms in total. The Labute approximate surface area is 117 Å². The minimum atomic E-state index is -0.570. The van der Waals surface area contributed by atoms with Gasteiger partial charge in [0, 0.05) is 19.2 Å². The average molecular weight is 272 g/mol. The van der Waals surface area contributed by atoms with Gasteiger partial charge in [-0.3, -0.25) is 4.79 Å². The smallest absolute Gasteiger partial charge is 0.254 e. The van der Waals surface area contributed by atoms with Gasteiger partial charge in [0.25, 0.3) is 5.91 Å². The standard InChI is InChI=1S/C16H17FN2O/c1-11-4-3-5-12(8-11)10-19(2)16(20)13-6-7-15(18)14(17)9-13/h3-9H,10,18H2,1-2H3. The molecule has 0 heterocycles. The molecule has 0 saturated heterocycles. The van der Waals surface area contributed by atoms with Crippen molar-refractivity contribution in [1.29, 1.82) is 0 Å². The third-order valence-electron chi connectivity index (χ3n) is 3.10. The number of aryl methyl sites for hydroxylation is 1. The van der Waals surface area contributed by atoms with Crippen LogP contribution in [0, 0.1) is 12.7 Å². The molecular formula is C16H17FN2O. The van der Waals surface area contributed by atoms with E-state index >= 15 is 0 Å². The zero-order valence-electron chi connectivity index (χ0n) is 11.6. The molecule has 0 atom stereocenters. The van der Waals surface area contributed by atoms with Crippen molar-refractivity contribution in [1.82, 2.24) is 4.90 Å². The van der Waals surface area contributed by atoms with E-state index in [9.17, 15) is 9.18 Å². The van der Waals surface area contributed by atoms with Crippen molar-refractivity contribution in [2.75, 3.05) is 12.8 Å². The number of amides is 1. The Morgan fingerprint density at radius 2 is 2.00 bits per heavy atom. The maximum absolute atomic E-state index is 13.4. The molecule has 0 aliphatic heterocycles. The van der Waals surface area contributed by atoms with Crippen LogP contribution in [0.5, 0.6) is 0 Å². The van der Waals surface area contributed by atoms with E-state index in [1.54, 1.807) is 11.9 Å². The summed E-state index contributed by atoms with van der Waals surface area (Å²) in [4.78, 5) is 13.8. The Balaban J connectivity index is 2.14. The number of carbonyl (C=O) groups is 1. The molecule has 2 N–H and O–H groups in total. The van der Waals surface area contributed by atoms with Gasteiger partial charge in [0.1, 0.15) is 5.82 Å². The maximum Gasteiger partial charge on any atom is 0.254 e. The number of hydrogen-bond acceptors (Lipinski definition) is 2. The first-order valence-corrected chi connectivity index (χ1v) is 6.33. The van der Waals surface area contributed by atoms with E-state index in [4.69, 9.17) is 5.73 Å². The first-order chi connectivity index (χ1) is 9.47. The number of anilines is 1. The predicted molar refractivity (Wildman–Crippen MR) is 77.8 cm³/mol. The van der Waals surface area contributed by atoms with Crippen LogP contribution in [0.25, 0.3) is 0 Å². The van der Waals surface area contributed by atoms with Crippen molar-refractivity contribution < 1.29 is 9.18 Å². The molecule has 2 aromatic rings. The zero-order valence-corrected chi connectivity index (χ0v) is 11.6. The van der Waals surface area contributed by atoms with Crippen molar-refractivity contribution in [3.8, 4) is 0 Å². The second-order valence-electron chi connectivity index (χ2n) is 4.89. The number of carbonyl (C=O) groups excluding carboxylic acids is 1. The van der Waals surface area contributed by atoms with Gasteiger partial charge in [-0.2, -0.15) is 0 Å². The van der Waals surface area contributed by atoms with Crippen molar-refractivity contribution in [2.24, 2.45) is 0 Å². The van der Waals surface area contributed by atoms with Crippen LogP contribution in [0.4, 0.5) is 10.1 Å². The van der Waals surface area contributed by atoms with Crippen LogP contribution < -0.4 is 5.73 Å². The third kappa shape index (κ3) is 3.15. The Kier molecular flexibility index (Phi) is 4.03. The number of benzene rings is 2. The second-order valence-corrected chi connectivity index (χ2v) is 4.89. The van der Waals surface area contributed by atoms with Gasteiger partial charge in [-0.15, -0.1) is 0 Å². The number of nitrogens with two attached hydrogens (primary N) is 1. The molecule has 0 saturated carbocycles. The van der Waals surface area contributed by atoms with Gasteiger partial charge in [-0.05, 0) is 30.7 Å². The fourth-order valence-corrected chi connectivity index (χ4v) is 2.04. The summed E-state index contributed by atoms with van der Waals surface area (Å²) in [6.45, 7) is 2.48. The molecule has 0 radical (unpaired) electrons. The van der Waals surface area contributed by atoms with Crippen LogP contribution in [0.15, 0.2) is 42.5 Å². The molecule has 104 valence electrons. The van der Waals surface area contributed by atoms with E-state index in [-0.39, 0.29) is 11.6 Å². The summed E-state index contributed by atoms with van der Waals surface area (Å²) in [6, 6.07) is 12.0. The molecule has 0 aliphatic rings. The largest absolute Gasteiger partial charge is 0.396 e. The highest BCUT2D eigenvalue weighted by Crippen LogP contribution is 2.15. The summed E-state index contributed by atoms with van der Waals surface area (Å²) in [5.41, 5.74) is 7.93. The fourth-order valence-electron chi connectivity index (χ4n) is 2.04. The summed E-state index contributed by atoms with van der Waals surface area (Å²) < 4.78 is 13.4. The summed E-state index contributed by atoms with van der Waals surface area (Å²) in [6.07, 6.45) is 0. The lowest BCUT2D eigenvalue weighted by atomic mass is 10.1. The number of rotatable bonds is 3. The quantitative estimate of drug-likeness (QED) is 0.873. The first kappa shape index (κ1) is 14.1. The molecule has 0 spiro atoms. The Morgan fingerprint density at radius 1 is 1.25 bits per heavy atom. The molecule has 0 aromatic heterocycles. The van der Waals surface area contributed by atoms with E-state index < -0.39 is 5.82 Å². The molecule has 0 bridgehead atoms. The van der Waals surface area contributed by atoms with Crippen LogP contribution in [0.3, 0.4) is 0 Å². The zero-order chi connectivity index (χ0) is 14.7. The normalized spacial score (nSPS) is 10.3. The Bertz CT molecular complexity index is 640. The van der Waals surface area contributed by atoms with Crippen LogP contribution in [0.1, 0.15) is 21.5 Å². The molecule has 0 unspecified atom stereocenters. The number of nitrogens with zero attached hydrogens (tertiary/aromatic N) is 1. The highest BCUT2D eigenvalue weighted by atomic mass is 19.1. The van der Waals surface area contributed by atoms with E-state index in [1.165, 1.54) is 18.2 Å².